The molecule has 0 atom stereocenters. The van der Waals surface area contributed by atoms with Crippen molar-refractivity contribution in [3.05, 3.63) is 23.5 Å². The van der Waals surface area contributed by atoms with Crippen molar-refractivity contribution >= 4 is 5.78 Å². The fraction of sp³-hybridized carbons (Fsp3) is 0.300. The van der Waals surface area contributed by atoms with Gasteiger partial charge in [-0.3, -0.25) is 4.79 Å². The van der Waals surface area contributed by atoms with Crippen LogP contribution in [0.4, 0.5) is 4.39 Å². The third-order valence-corrected chi connectivity index (χ3v) is 1.85. The molecule has 76 valence electrons. The molecule has 3 nitrogen and oxygen atoms in total. The van der Waals surface area contributed by atoms with Crippen LogP contribution >= 0.6 is 0 Å². The number of carbonyl (C=O) groups excluding carboxylic acids is 1. The van der Waals surface area contributed by atoms with Gasteiger partial charge in [0.25, 0.3) is 0 Å². The Balaban J connectivity index is 3.31. The van der Waals surface area contributed by atoms with E-state index >= 15 is 0 Å². The van der Waals surface area contributed by atoms with Crippen molar-refractivity contribution in [2.75, 3.05) is 14.2 Å². The van der Waals surface area contributed by atoms with Gasteiger partial charge in [-0.05, 0) is 13.0 Å². The van der Waals surface area contributed by atoms with Gasteiger partial charge in [0, 0.05) is 6.07 Å². The Labute approximate surface area is 81.4 Å². The van der Waals surface area contributed by atoms with Gasteiger partial charge >= 0.3 is 0 Å². The Bertz CT molecular complexity index is 361. The summed E-state index contributed by atoms with van der Waals surface area (Å²) in [6.07, 6.45) is 0. The Morgan fingerprint density at radius 3 is 2.21 bits per heavy atom. The van der Waals surface area contributed by atoms with Crippen LogP contribution in [0.25, 0.3) is 0 Å². The number of hydrogen-bond acceptors (Lipinski definition) is 3. The highest BCUT2D eigenvalue weighted by Gasteiger charge is 2.13. The number of ketones is 1. The maximum atomic E-state index is 13.2. The predicted molar refractivity (Wildman–Crippen MR) is 49.5 cm³/mol. The summed E-state index contributed by atoms with van der Waals surface area (Å²) in [4.78, 5) is 11.1. The number of carbonyl (C=O) groups is 1. The zero-order valence-electron chi connectivity index (χ0n) is 8.26. The molecule has 0 heterocycles. The lowest BCUT2D eigenvalue weighted by Crippen LogP contribution is -2.00. The molecule has 0 spiro atoms. The summed E-state index contributed by atoms with van der Waals surface area (Å²) in [6.45, 7) is 1.35. The van der Waals surface area contributed by atoms with E-state index in [4.69, 9.17) is 9.47 Å². The van der Waals surface area contributed by atoms with Crippen molar-refractivity contribution in [3.63, 3.8) is 0 Å². The number of benzene rings is 1. The molecule has 4 heteroatoms. The first-order valence-corrected chi connectivity index (χ1v) is 4.02. The molecule has 1 aromatic carbocycles. The highest BCUT2D eigenvalue weighted by atomic mass is 19.1. The van der Waals surface area contributed by atoms with Gasteiger partial charge in [-0.1, -0.05) is 0 Å². The number of halogens is 1. The van der Waals surface area contributed by atoms with E-state index in [0.29, 0.717) is 5.75 Å². The predicted octanol–water partition coefficient (Wildman–Crippen LogP) is 2.05. The number of rotatable bonds is 3. The topological polar surface area (TPSA) is 35.5 Å². The molecule has 0 radical (unpaired) electrons. The normalized spacial score (nSPS) is 9.71. The highest BCUT2D eigenvalue weighted by molar-refractivity contribution is 5.97. The average molecular weight is 198 g/mol. The Kier molecular flexibility index (Phi) is 3.06. The Hall–Kier alpha value is -1.58. The second-order valence-corrected chi connectivity index (χ2v) is 2.74. The van der Waals surface area contributed by atoms with E-state index in [2.05, 4.69) is 0 Å². The molecule has 1 aromatic rings. The summed E-state index contributed by atoms with van der Waals surface area (Å²) < 4.78 is 22.9. The van der Waals surface area contributed by atoms with Crippen LogP contribution in [0.3, 0.4) is 0 Å². The SMILES string of the molecule is COc1cc(OC)c(C(C)=O)cc1F. The molecular weight excluding hydrogens is 187 g/mol. The molecule has 0 aliphatic rings. The molecule has 0 bridgehead atoms. The van der Waals surface area contributed by atoms with Gasteiger partial charge in [-0.15, -0.1) is 0 Å². The number of hydrogen-bond donors (Lipinski definition) is 0. The minimum Gasteiger partial charge on any atom is -0.496 e. The molecule has 0 aliphatic carbocycles. The third-order valence-electron chi connectivity index (χ3n) is 1.85. The Morgan fingerprint density at radius 2 is 1.79 bits per heavy atom. The second-order valence-electron chi connectivity index (χ2n) is 2.74. The fourth-order valence-electron chi connectivity index (χ4n) is 1.14. The van der Waals surface area contributed by atoms with E-state index < -0.39 is 5.82 Å². The van der Waals surface area contributed by atoms with Gasteiger partial charge in [0.2, 0.25) is 0 Å². The van der Waals surface area contributed by atoms with Crippen LogP contribution in [0.2, 0.25) is 0 Å². The van der Waals surface area contributed by atoms with Crippen LogP contribution in [-0.4, -0.2) is 20.0 Å². The van der Waals surface area contributed by atoms with Crippen LogP contribution in [0.1, 0.15) is 17.3 Å². The summed E-state index contributed by atoms with van der Waals surface area (Å²) in [5, 5.41) is 0. The Morgan fingerprint density at radius 1 is 1.21 bits per heavy atom. The highest BCUT2D eigenvalue weighted by Crippen LogP contribution is 2.27. The van der Waals surface area contributed by atoms with Crippen molar-refractivity contribution in [2.45, 2.75) is 6.92 Å². The van der Waals surface area contributed by atoms with E-state index in [1.54, 1.807) is 0 Å². The molecule has 0 amide bonds. The van der Waals surface area contributed by atoms with E-state index in [0.717, 1.165) is 6.07 Å². The fourth-order valence-corrected chi connectivity index (χ4v) is 1.14. The van der Waals surface area contributed by atoms with Crippen molar-refractivity contribution in [1.82, 2.24) is 0 Å². The molecule has 0 aromatic heterocycles. The number of Topliss-reactive ketones (excluding diaryl/α,β-unsaturated/α-hetero) is 1. The molecule has 14 heavy (non-hydrogen) atoms. The lowest BCUT2D eigenvalue weighted by atomic mass is 10.1. The average Bonchev–Trinajstić information content (AvgIpc) is 2.17. The van der Waals surface area contributed by atoms with E-state index in [-0.39, 0.29) is 17.1 Å². The van der Waals surface area contributed by atoms with E-state index in [1.165, 1.54) is 27.2 Å². The minimum absolute atomic E-state index is 0.0619. The maximum Gasteiger partial charge on any atom is 0.166 e. The van der Waals surface area contributed by atoms with Crippen molar-refractivity contribution in [1.29, 1.82) is 0 Å². The van der Waals surface area contributed by atoms with Gasteiger partial charge < -0.3 is 9.47 Å². The lowest BCUT2D eigenvalue weighted by Gasteiger charge is -2.08. The van der Waals surface area contributed by atoms with Crippen molar-refractivity contribution in [2.24, 2.45) is 0 Å². The molecule has 0 aliphatic heterocycles. The molecule has 0 saturated heterocycles. The van der Waals surface area contributed by atoms with Crippen molar-refractivity contribution in [3.8, 4) is 11.5 Å². The standard InChI is InChI=1S/C10H11FO3/c1-6(12)7-4-8(11)10(14-3)5-9(7)13-2/h4-5H,1-3H3. The first-order valence-electron chi connectivity index (χ1n) is 4.02. The summed E-state index contributed by atoms with van der Waals surface area (Å²) in [5.74, 6) is -0.440. The zero-order chi connectivity index (χ0) is 10.7. The van der Waals surface area contributed by atoms with Gasteiger partial charge in [-0.25, -0.2) is 4.39 Å². The molecule has 0 N–H and O–H groups in total. The van der Waals surface area contributed by atoms with E-state index in [9.17, 15) is 9.18 Å². The smallest absolute Gasteiger partial charge is 0.166 e. The summed E-state index contributed by atoms with van der Waals surface area (Å²) in [6, 6.07) is 2.46. The maximum absolute atomic E-state index is 13.2. The van der Waals surface area contributed by atoms with Gasteiger partial charge in [0.15, 0.2) is 17.3 Å². The van der Waals surface area contributed by atoms with Gasteiger partial charge in [-0.2, -0.15) is 0 Å². The van der Waals surface area contributed by atoms with E-state index in [1.807, 2.05) is 0 Å². The van der Waals surface area contributed by atoms with Crippen molar-refractivity contribution < 1.29 is 18.7 Å². The quantitative estimate of drug-likeness (QED) is 0.697. The lowest BCUT2D eigenvalue weighted by molar-refractivity contribution is 0.101. The third kappa shape index (κ3) is 1.84. The monoisotopic (exact) mass is 198 g/mol. The summed E-state index contributed by atoms with van der Waals surface area (Å²) in [5.41, 5.74) is 0.214. The van der Waals surface area contributed by atoms with Crippen LogP contribution in [0, 0.1) is 5.82 Å². The molecule has 0 unspecified atom stereocenters. The first-order chi connectivity index (χ1) is 6.60. The van der Waals surface area contributed by atoms with Gasteiger partial charge in [0.1, 0.15) is 5.75 Å². The van der Waals surface area contributed by atoms with Crippen LogP contribution in [0.5, 0.6) is 11.5 Å². The molecule has 0 saturated carbocycles. The van der Waals surface area contributed by atoms with Crippen LogP contribution in [-0.2, 0) is 0 Å². The number of methoxy groups -OCH3 is 2. The zero-order valence-corrected chi connectivity index (χ0v) is 8.26. The molecule has 0 fully saturated rings. The first kappa shape index (κ1) is 10.5. The summed E-state index contributed by atoms with van der Waals surface area (Å²) >= 11 is 0. The molecular formula is C10H11FO3. The summed E-state index contributed by atoms with van der Waals surface area (Å²) in [7, 11) is 2.77. The largest absolute Gasteiger partial charge is 0.496 e. The molecule has 1 rings (SSSR count). The second kappa shape index (κ2) is 4.09. The van der Waals surface area contributed by atoms with Gasteiger partial charge in [0.05, 0.1) is 19.8 Å². The minimum atomic E-state index is -0.571. The van der Waals surface area contributed by atoms with Crippen LogP contribution in [0.15, 0.2) is 12.1 Å². The van der Waals surface area contributed by atoms with Crippen LogP contribution < -0.4 is 9.47 Å². The number of ether oxygens (including phenoxy) is 2.